The van der Waals surface area contributed by atoms with Gasteiger partial charge < -0.3 is 14.8 Å². The van der Waals surface area contributed by atoms with Crippen molar-refractivity contribution in [2.75, 3.05) is 23.9 Å². The smallest absolute Gasteiger partial charge is 0.335 e. The van der Waals surface area contributed by atoms with E-state index < -0.39 is 17.8 Å². The zero-order valence-corrected chi connectivity index (χ0v) is 24.3. The molecule has 1 aliphatic heterocycles. The van der Waals surface area contributed by atoms with Gasteiger partial charge >= 0.3 is 6.03 Å². The molecule has 0 spiro atoms. The average molecular weight is 657 g/mol. The van der Waals surface area contributed by atoms with Gasteiger partial charge in [-0.1, -0.05) is 28.1 Å². The number of urea groups is 1. The molecule has 2 N–H and O–H groups in total. The van der Waals surface area contributed by atoms with E-state index in [9.17, 15) is 19.2 Å². The molecule has 0 radical (unpaired) electrons. The summed E-state index contributed by atoms with van der Waals surface area (Å²) < 4.78 is 12.4. The van der Waals surface area contributed by atoms with Crippen LogP contribution in [0.2, 0.25) is 0 Å². The number of nitrogens with one attached hydrogen (secondary N) is 2. The monoisotopic (exact) mass is 655 g/mol. The van der Waals surface area contributed by atoms with Crippen molar-refractivity contribution in [3.05, 3.63) is 85.8 Å². The lowest BCUT2D eigenvalue weighted by Crippen LogP contribution is -2.54. The fourth-order valence-electron chi connectivity index (χ4n) is 3.81. The summed E-state index contributed by atoms with van der Waals surface area (Å²) in [5.41, 5.74) is 3.12. The number of amides is 5. The Morgan fingerprint density at radius 3 is 2.44 bits per heavy atom. The minimum atomic E-state index is -0.842. The molecular weight excluding hydrogens is 634 g/mol. The molecule has 0 aromatic heterocycles. The minimum Gasteiger partial charge on any atom is -0.493 e. The first-order valence-electron chi connectivity index (χ1n) is 11.6. The van der Waals surface area contributed by atoms with E-state index in [4.69, 9.17) is 9.47 Å². The van der Waals surface area contributed by atoms with Crippen LogP contribution < -0.4 is 25.0 Å². The lowest BCUT2D eigenvalue weighted by atomic mass is 10.1. The summed E-state index contributed by atoms with van der Waals surface area (Å²) >= 11 is 6.73. The van der Waals surface area contributed by atoms with Crippen LogP contribution in [0.1, 0.15) is 16.7 Å². The zero-order valence-electron chi connectivity index (χ0n) is 21.1. The molecule has 3 aromatic carbocycles. The molecular formula is C28H23Br2N3O6. The molecule has 0 bridgehead atoms. The summed E-state index contributed by atoms with van der Waals surface area (Å²) in [6, 6.07) is 14.6. The predicted molar refractivity (Wildman–Crippen MR) is 154 cm³/mol. The van der Waals surface area contributed by atoms with Crippen LogP contribution in [0.25, 0.3) is 6.08 Å². The molecule has 1 saturated heterocycles. The normalized spacial score (nSPS) is 14.3. The second-order valence-corrected chi connectivity index (χ2v) is 10.4. The standard InChI is InChI=1S/C28H23Br2N3O6/c1-15-4-5-16(2)22(10-15)31-24(34)14-39-25-21(30)12-17(13-23(25)38-3)11-20-26(35)32-28(37)33(27(20)36)19-8-6-18(29)7-9-19/h4-13H,14H2,1-3H3,(H,31,34)(H,32,35,37)/b20-11+. The predicted octanol–water partition coefficient (Wildman–Crippen LogP) is 5.52. The molecule has 0 aliphatic carbocycles. The molecule has 1 aliphatic rings. The van der Waals surface area contributed by atoms with Crippen molar-refractivity contribution in [2.24, 2.45) is 0 Å². The molecule has 5 amide bonds. The maximum absolute atomic E-state index is 13.2. The molecule has 1 heterocycles. The van der Waals surface area contributed by atoms with E-state index in [0.717, 1.165) is 20.5 Å². The topological polar surface area (TPSA) is 114 Å². The third kappa shape index (κ3) is 6.37. The Kier molecular flexibility index (Phi) is 8.51. The van der Waals surface area contributed by atoms with Gasteiger partial charge in [0.05, 0.1) is 17.3 Å². The summed E-state index contributed by atoms with van der Waals surface area (Å²) in [4.78, 5) is 51.6. The van der Waals surface area contributed by atoms with Crippen LogP contribution >= 0.6 is 31.9 Å². The van der Waals surface area contributed by atoms with Crippen LogP contribution in [0.15, 0.2) is 69.1 Å². The molecule has 39 heavy (non-hydrogen) atoms. The van der Waals surface area contributed by atoms with E-state index in [1.54, 1.807) is 36.4 Å². The number of ether oxygens (including phenoxy) is 2. The third-order valence-electron chi connectivity index (χ3n) is 5.76. The number of imide groups is 2. The first kappa shape index (κ1) is 28.1. The van der Waals surface area contributed by atoms with Crippen molar-refractivity contribution in [1.29, 1.82) is 0 Å². The molecule has 11 heteroatoms. The maximum Gasteiger partial charge on any atom is 0.335 e. The summed E-state index contributed by atoms with van der Waals surface area (Å²) in [5.74, 6) is -1.42. The van der Waals surface area contributed by atoms with Crippen molar-refractivity contribution in [2.45, 2.75) is 13.8 Å². The lowest BCUT2D eigenvalue weighted by Gasteiger charge is -2.26. The van der Waals surface area contributed by atoms with Gasteiger partial charge in [-0.2, -0.15) is 0 Å². The number of aryl methyl sites for hydroxylation is 2. The number of hydrogen-bond donors (Lipinski definition) is 2. The van der Waals surface area contributed by atoms with Gasteiger partial charge in [0.15, 0.2) is 18.1 Å². The van der Waals surface area contributed by atoms with Crippen LogP contribution in [0.4, 0.5) is 16.2 Å². The van der Waals surface area contributed by atoms with E-state index >= 15 is 0 Å². The third-order valence-corrected chi connectivity index (χ3v) is 6.88. The largest absolute Gasteiger partial charge is 0.493 e. The van der Waals surface area contributed by atoms with Gasteiger partial charge in [0.1, 0.15) is 5.57 Å². The van der Waals surface area contributed by atoms with Crippen LogP contribution in [-0.4, -0.2) is 37.5 Å². The van der Waals surface area contributed by atoms with E-state index in [1.165, 1.54) is 13.2 Å². The van der Waals surface area contributed by atoms with E-state index in [1.807, 2.05) is 32.0 Å². The number of methoxy groups -OCH3 is 1. The number of barbiturate groups is 1. The van der Waals surface area contributed by atoms with E-state index in [-0.39, 0.29) is 29.6 Å². The highest BCUT2D eigenvalue weighted by Gasteiger charge is 2.36. The molecule has 0 unspecified atom stereocenters. The van der Waals surface area contributed by atoms with Gasteiger partial charge in [0.2, 0.25) is 0 Å². The van der Waals surface area contributed by atoms with Crippen molar-refractivity contribution in [3.8, 4) is 11.5 Å². The second kappa shape index (κ2) is 11.8. The van der Waals surface area contributed by atoms with Crippen molar-refractivity contribution < 1.29 is 28.7 Å². The fourth-order valence-corrected chi connectivity index (χ4v) is 4.65. The van der Waals surface area contributed by atoms with Crippen LogP contribution in [0.5, 0.6) is 11.5 Å². The first-order valence-corrected chi connectivity index (χ1v) is 13.2. The summed E-state index contributed by atoms with van der Waals surface area (Å²) in [5, 5.41) is 5.02. The highest BCUT2D eigenvalue weighted by atomic mass is 79.9. The molecule has 0 saturated carbocycles. The maximum atomic E-state index is 13.2. The van der Waals surface area contributed by atoms with Gasteiger partial charge in [-0.25, -0.2) is 9.69 Å². The summed E-state index contributed by atoms with van der Waals surface area (Å²) in [7, 11) is 1.42. The summed E-state index contributed by atoms with van der Waals surface area (Å²) in [6.07, 6.45) is 1.35. The molecule has 3 aromatic rings. The number of nitrogens with zero attached hydrogens (tertiary/aromatic N) is 1. The molecule has 0 atom stereocenters. The number of rotatable bonds is 7. The van der Waals surface area contributed by atoms with Crippen LogP contribution in [0, 0.1) is 13.8 Å². The number of hydrogen-bond acceptors (Lipinski definition) is 6. The average Bonchev–Trinajstić information content (AvgIpc) is 2.88. The summed E-state index contributed by atoms with van der Waals surface area (Å²) in [6.45, 7) is 3.55. The fraction of sp³-hybridized carbons (Fsp3) is 0.143. The highest BCUT2D eigenvalue weighted by Crippen LogP contribution is 2.37. The van der Waals surface area contributed by atoms with Gasteiger partial charge in [0, 0.05) is 10.2 Å². The van der Waals surface area contributed by atoms with Gasteiger partial charge in [-0.05, 0) is 95.0 Å². The first-order chi connectivity index (χ1) is 18.6. The van der Waals surface area contributed by atoms with Gasteiger partial charge in [0.25, 0.3) is 17.7 Å². The second-order valence-electron chi connectivity index (χ2n) is 8.62. The van der Waals surface area contributed by atoms with Crippen LogP contribution in [0.3, 0.4) is 0 Å². The molecule has 9 nitrogen and oxygen atoms in total. The molecule has 1 fully saturated rings. The number of carbonyl (C=O) groups is 4. The Morgan fingerprint density at radius 1 is 1.03 bits per heavy atom. The number of benzene rings is 3. The van der Waals surface area contributed by atoms with Crippen LogP contribution in [-0.2, 0) is 14.4 Å². The Bertz CT molecular complexity index is 1520. The number of anilines is 2. The Balaban J connectivity index is 1.55. The SMILES string of the molecule is COc1cc(/C=C2\C(=O)NC(=O)N(c3ccc(Br)cc3)C2=O)cc(Br)c1OCC(=O)Nc1cc(C)ccc1C. The zero-order chi connectivity index (χ0) is 28.3. The molecule has 200 valence electrons. The van der Waals surface area contributed by atoms with Crippen molar-refractivity contribution in [1.82, 2.24) is 5.32 Å². The Morgan fingerprint density at radius 2 is 1.74 bits per heavy atom. The minimum absolute atomic E-state index is 0.243. The Hall–Kier alpha value is -3.96. The highest BCUT2D eigenvalue weighted by molar-refractivity contribution is 9.10. The number of carbonyl (C=O) groups excluding carboxylic acids is 4. The number of halogens is 2. The van der Waals surface area contributed by atoms with Crippen molar-refractivity contribution in [3.63, 3.8) is 0 Å². The van der Waals surface area contributed by atoms with Gasteiger partial charge in [-0.3, -0.25) is 19.7 Å². The van der Waals surface area contributed by atoms with Gasteiger partial charge in [-0.15, -0.1) is 0 Å². The van der Waals surface area contributed by atoms with Crippen molar-refractivity contribution >= 4 is 73.1 Å². The molecule has 4 rings (SSSR count). The van der Waals surface area contributed by atoms with E-state index in [0.29, 0.717) is 21.4 Å². The quantitative estimate of drug-likeness (QED) is 0.256. The van der Waals surface area contributed by atoms with E-state index in [2.05, 4.69) is 42.5 Å². The Labute approximate surface area is 241 Å². The lowest BCUT2D eigenvalue weighted by molar-refractivity contribution is -0.122.